The summed E-state index contributed by atoms with van der Waals surface area (Å²) in [5, 5.41) is 11.1. The van der Waals surface area contributed by atoms with Gasteiger partial charge in [0.05, 0.1) is 16.5 Å². The van der Waals surface area contributed by atoms with Crippen molar-refractivity contribution in [2.24, 2.45) is 0 Å². The second-order valence-corrected chi connectivity index (χ2v) is 5.46. The van der Waals surface area contributed by atoms with Crippen LogP contribution >= 0.6 is 0 Å². The van der Waals surface area contributed by atoms with Crippen molar-refractivity contribution in [3.05, 3.63) is 69.2 Å². The molecule has 8 heteroatoms. The Morgan fingerprint density at radius 1 is 1.08 bits per heavy atom. The average molecular weight is 348 g/mol. The average Bonchev–Trinajstić information content (AvgIpc) is 2.56. The van der Waals surface area contributed by atoms with Gasteiger partial charge in [-0.15, -0.1) is 0 Å². The lowest BCUT2D eigenvalue weighted by Gasteiger charge is -2.12. The zero-order valence-electron chi connectivity index (χ0n) is 13.1. The second kappa shape index (κ2) is 6.04. The van der Waals surface area contributed by atoms with Gasteiger partial charge in [0.15, 0.2) is 5.82 Å². The number of nitro groups is 1. The first-order chi connectivity index (χ1) is 11.8. The third-order valence-electron chi connectivity index (χ3n) is 3.82. The smallest absolute Gasteiger partial charge is 0.311 e. The van der Waals surface area contributed by atoms with E-state index in [9.17, 15) is 23.3 Å². The van der Waals surface area contributed by atoms with Gasteiger partial charge in [-0.25, -0.2) is 4.39 Å². The van der Waals surface area contributed by atoms with E-state index in [-0.39, 0.29) is 11.8 Å². The molecule has 5 nitrogen and oxygen atoms in total. The lowest BCUT2D eigenvalue weighted by molar-refractivity contribution is -0.388. The summed E-state index contributed by atoms with van der Waals surface area (Å²) in [4.78, 5) is 13.6. The zero-order valence-corrected chi connectivity index (χ0v) is 13.1. The molecule has 0 saturated carbocycles. The van der Waals surface area contributed by atoms with Gasteiger partial charge in [0.25, 0.3) is 0 Å². The van der Waals surface area contributed by atoms with Crippen LogP contribution in [-0.2, 0) is 0 Å². The van der Waals surface area contributed by atoms with Crippen molar-refractivity contribution in [2.75, 3.05) is 0 Å². The molecule has 0 unspecified atom stereocenters. The quantitative estimate of drug-likeness (QED) is 0.381. The Bertz CT molecular complexity index is 1020. The van der Waals surface area contributed by atoms with Gasteiger partial charge in [0, 0.05) is 11.6 Å². The summed E-state index contributed by atoms with van der Waals surface area (Å²) in [7, 11) is 0. The van der Waals surface area contributed by atoms with Crippen LogP contribution in [0.1, 0.15) is 11.1 Å². The van der Waals surface area contributed by atoms with Gasteiger partial charge in [-0.1, -0.05) is 0 Å². The van der Waals surface area contributed by atoms with E-state index in [0.29, 0.717) is 10.9 Å². The molecule has 128 valence electrons. The summed E-state index contributed by atoms with van der Waals surface area (Å²) in [5.41, 5.74) is 1.11. The van der Waals surface area contributed by atoms with Gasteiger partial charge in [-0.05, 0) is 43.2 Å². The molecule has 1 aromatic heterocycles. The van der Waals surface area contributed by atoms with E-state index < -0.39 is 33.8 Å². The van der Waals surface area contributed by atoms with Gasteiger partial charge in [-0.2, -0.15) is 8.78 Å². The first-order valence-corrected chi connectivity index (χ1v) is 7.15. The van der Waals surface area contributed by atoms with E-state index in [2.05, 4.69) is 4.98 Å². The Balaban J connectivity index is 2.15. The maximum atomic E-state index is 14.1. The minimum Gasteiger partial charge on any atom is -0.450 e. The number of rotatable bonds is 3. The summed E-state index contributed by atoms with van der Waals surface area (Å²) >= 11 is 0. The number of benzene rings is 2. The Morgan fingerprint density at radius 3 is 2.44 bits per heavy atom. The first-order valence-electron chi connectivity index (χ1n) is 7.15. The summed E-state index contributed by atoms with van der Waals surface area (Å²) in [6.07, 6.45) is 1.38. The molecule has 3 rings (SSSR count). The molecule has 0 aliphatic carbocycles. The number of nitro benzene ring substituents is 1. The highest BCUT2D eigenvalue weighted by Gasteiger charge is 2.27. The first kappa shape index (κ1) is 16.7. The van der Waals surface area contributed by atoms with Crippen LogP contribution in [0.2, 0.25) is 0 Å². The molecule has 25 heavy (non-hydrogen) atoms. The van der Waals surface area contributed by atoms with Crippen LogP contribution in [0, 0.1) is 41.4 Å². The SMILES string of the molecule is Cc1cc2nccc(Oc3c(F)cc([N+](=O)[O-])c(F)c3F)c2cc1C. The van der Waals surface area contributed by atoms with Crippen molar-refractivity contribution >= 4 is 16.6 Å². The topological polar surface area (TPSA) is 65.3 Å². The Labute approximate surface area is 139 Å². The fourth-order valence-corrected chi connectivity index (χ4v) is 2.37. The van der Waals surface area contributed by atoms with E-state index in [1.807, 2.05) is 13.8 Å². The summed E-state index contributed by atoms with van der Waals surface area (Å²) in [6.45, 7) is 3.73. The van der Waals surface area contributed by atoms with Crippen LogP contribution in [-0.4, -0.2) is 9.91 Å². The van der Waals surface area contributed by atoms with Crippen molar-refractivity contribution in [2.45, 2.75) is 13.8 Å². The van der Waals surface area contributed by atoms with Gasteiger partial charge < -0.3 is 4.74 Å². The number of fused-ring (bicyclic) bond motifs is 1. The van der Waals surface area contributed by atoms with Crippen molar-refractivity contribution in [1.29, 1.82) is 0 Å². The molecule has 0 fully saturated rings. The van der Waals surface area contributed by atoms with Gasteiger partial charge in [0.1, 0.15) is 5.75 Å². The monoisotopic (exact) mass is 348 g/mol. The zero-order chi connectivity index (χ0) is 18.3. The lowest BCUT2D eigenvalue weighted by Crippen LogP contribution is -2.02. The predicted molar refractivity (Wildman–Crippen MR) is 84.3 cm³/mol. The number of hydrogen-bond donors (Lipinski definition) is 0. The van der Waals surface area contributed by atoms with Gasteiger partial charge >= 0.3 is 5.69 Å². The van der Waals surface area contributed by atoms with Crippen LogP contribution in [0.4, 0.5) is 18.9 Å². The minimum absolute atomic E-state index is 0.0548. The molecule has 0 bridgehead atoms. The number of pyridine rings is 1. The standard InChI is InChI=1S/C17H11F3N2O3/c1-8-5-10-12(6-9(8)2)21-4-3-14(10)25-17-11(18)7-13(22(23)24)15(19)16(17)20/h3-7H,1-2H3. The van der Waals surface area contributed by atoms with Crippen LogP contribution < -0.4 is 4.74 Å². The summed E-state index contributed by atoms with van der Waals surface area (Å²) in [6, 6.07) is 5.16. The Kier molecular flexibility index (Phi) is 4.03. The predicted octanol–water partition coefficient (Wildman–Crippen LogP) is 4.97. The number of ether oxygens (including phenoxy) is 1. The molecule has 0 atom stereocenters. The Hall–Kier alpha value is -3.16. The number of nitrogens with zero attached hydrogens (tertiary/aromatic N) is 2. The maximum Gasteiger partial charge on any atom is 0.311 e. The van der Waals surface area contributed by atoms with Gasteiger partial charge in [-0.3, -0.25) is 15.1 Å². The number of aryl methyl sites for hydroxylation is 2. The van der Waals surface area contributed by atoms with Crippen LogP contribution in [0.25, 0.3) is 10.9 Å². The third-order valence-corrected chi connectivity index (χ3v) is 3.82. The second-order valence-electron chi connectivity index (χ2n) is 5.46. The highest BCUT2D eigenvalue weighted by atomic mass is 19.2. The number of halogens is 3. The fourth-order valence-electron chi connectivity index (χ4n) is 2.37. The van der Waals surface area contributed by atoms with Crippen LogP contribution in [0.15, 0.2) is 30.5 Å². The highest BCUT2D eigenvalue weighted by molar-refractivity contribution is 5.86. The molecule has 0 amide bonds. The van der Waals surface area contributed by atoms with Gasteiger partial charge in [0.2, 0.25) is 17.4 Å². The molecule has 0 radical (unpaired) electrons. The molecular formula is C17H11F3N2O3. The van der Waals surface area contributed by atoms with E-state index in [1.165, 1.54) is 12.3 Å². The van der Waals surface area contributed by atoms with Crippen molar-refractivity contribution < 1.29 is 22.8 Å². The Morgan fingerprint density at radius 2 is 1.76 bits per heavy atom. The normalized spacial score (nSPS) is 10.9. The largest absolute Gasteiger partial charge is 0.450 e. The van der Waals surface area contributed by atoms with Crippen LogP contribution in [0.5, 0.6) is 11.5 Å². The maximum absolute atomic E-state index is 14.1. The summed E-state index contributed by atoms with van der Waals surface area (Å²) in [5.74, 6) is -5.92. The van der Waals surface area contributed by atoms with Crippen molar-refractivity contribution in [3.63, 3.8) is 0 Å². The number of hydrogen-bond acceptors (Lipinski definition) is 4. The molecule has 0 N–H and O–H groups in total. The molecule has 0 saturated heterocycles. The van der Waals surface area contributed by atoms with E-state index in [1.54, 1.807) is 12.1 Å². The molecule has 0 spiro atoms. The van der Waals surface area contributed by atoms with Crippen molar-refractivity contribution in [1.82, 2.24) is 4.98 Å². The molecule has 0 aliphatic heterocycles. The number of aromatic nitrogens is 1. The molecule has 2 aromatic carbocycles. The van der Waals surface area contributed by atoms with Crippen molar-refractivity contribution in [3.8, 4) is 11.5 Å². The fraction of sp³-hybridized carbons (Fsp3) is 0.118. The minimum atomic E-state index is -1.79. The highest BCUT2D eigenvalue weighted by Crippen LogP contribution is 2.36. The lowest BCUT2D eigenvalue weighted by atomic mass is 10.1. The molecule has 0 aliphatic rings. The van der Waals surface area contributed by atoms with E-state index in [4.69, 9.17) is 4.74 Å². The summed E-state index contributed by atoms with van der Waals surface area (Å²) < 4.78 is 47.0. The van der Waals surface area contributed by atoms with Crippen LogP contribution in [0.3, 0.4) is 0 Å². The van der Waals surface area contributed by atoms with E-state index in [0.717, 1.165) is 11.1 Å². The third kappa shape index (κ3) is 2.86. The molecule has 3 aromatic rings. The molecule has 1 heterocycles. The van der Waals surface area contributed by atoms with E-state index >= 15 is 0 Å². The molecular weight excluding hydrogens is 337 g/mol.